The van der Waals surface area contributed by atoms with Crippen molar-refractivity contribution in [2.45, 2.75) is 19.8 Å². The SMILES string of the molecule is COc1cccc(NC(=O)c2nnc(N3CCC(C)CC3)c3ccccc23)c1. The molecule has 0 aliphatic carbocycles. The number of aromatic nitrogens is 2. The second-order valence-electron chi connectivity index (χ2n) is 7.27. The number of piperidine rings is 1. The van der Waals surface area contributed by atoms with E-state index in [2.05, 4.69) is 27.3 Å². The Kier molecular flexibility index (Phi) is 5.10. The van der Waals surface area contributed by atoms with Crippen LogP contribution in [0.1, 0.15) is 30.3 Å². The van der Waals surface area contributed by atoms with E-state index in [0.29, 0.717) is 17.1 Å². The number of fused-ring (bicyclic) bond motifs is 1. The molecule has 6 nitrogen and oxygen atoms in total. The van der Waals surface area contributed by atoms with E-state index in [-0.39, 0.29) is 5.91 Å². The lowest BCUT2D eigenvalue weighted by atomic mass is 9.99. The molecule has 1 aliphatic heterocycles. The van der Waals surface area contributed by atoms with Gasteiger partial charge in [-0.15, -0.1) is 10.2 Å². The van der Waals surface area contributed by atoms with Crippen molar-refractivity contribution in [2.75, 3.05) is 30.4 Å². The summed E-state index contributed by atoms with van der Waals surface area (Å²) in [5, 5.41) is 13.4. The van der Waals surface area contributed by atoms with Gasteiger partial charge in [-0.1, -0.05) is 37.3 Å². The van der Waals surface area contributed by atoms with Gasteiger partial charge in [0, 0.05) is 35.6 Å². The highest BCUT2D eigenvalue weighted by atomic mass is 16.5. The minimum absolute atomic E-state index is 0.282. The van der Waals surface area contributed by atoms with Gasteiger partial charge in [-0.05, 0) is 30.9 Å². The quantitative estimate of drug-likeness (QED) is 0.742. The van der Waals surface area contributed by atoms with Crippen molar-refractivity contribution in [2.24, 2.45) is 5.92 Å². The number of nitrogens with zero attached hydrogens (tertiary/aromatic N) is 3. The van der Waals surface area contributed by atoms with Crippen LogP contribution < -0.4 is 15.0 Å². The molecule has 4 rings (SSSR count). The summed E-state index contributed by atoms with van der Waals surface area (Å²) in [5.74, 6) is 2.00. The van der Waals surface area contributed by atoms with Crippen LogP contribution in [-0.2, 0) is 0 Å². The van der Waals surface area contributed by atoms with Crippen LogP contribution in [0.2, 0.25) is 0 Å². The van der Waals surface area contributed by atoms with Gasteiger partial charge in [0.2, 0.25) is 0 Å². The van der Waals surface area contributed by atoms with E-state index in [0.717, 1.165) is 48.4 Å². The van der Waals surface area contributed by atoms with Crippen molar-refractivity contribution >= 4 is 28.2 Å². The lowest BCUT2D eigenvalue weighted by molar-refractivity contribution is 0.102. The molecule has 144 valence electrons. The first-order chi connectivity index (χ1) is 13.7. The number of anilines is 2. The van der Waals surface area contributed by atoms with E-state index in [9.17, 15) is 4.79 Å². The summed E-state index contributed by atoms with van der Waals surface area (Å²) in [6.07, 6.45) is 2.29. The van der Waals surface area contributed by atoms with Crippen LogP contribution in [0.4, 0.5) is 11.5 Å². The number of benzene rings is 2. The van der Waals surface area contributed by atoms with Crippen LogP contribution in [0.25, 0.3) is 10.8 Å². The van der Waals surface area contributed by atoms with Crippen molar-refractivity contribution < 1.29 is 9.53 Å². The topological polar surface area (TPSA) is 67.3 Å². The molecule has 2 aromatic carbocycles. The fourth-order valence-corrected chi connectivity index (χ4v) is 3.60. The summed E-state index contributed by atoms with van der Waals surface area (Å²) in [4.78, 5) is 15.2. The van der Waals surface area contributed by atoms with Gasteiger partial charge in [0.05, 0.1) is 7.11 Å². The fourth-order valence-electron chi connectivity index (χ4n) is 3.60. The van der Waals surface area contributed by atoms with Crippen molar-refractivity contribution in [1.29, 1.82) is 0 Å². The summed E-state index contributed by atoms with van der Waals surface area (Å²) in [7, 11) is 1.60. The summed E-state index contributed by atoms with van der Waals surface area (Å²) in [6, 6.07) is 15.1. The third kappa shape index (κ3) is 3.63. The first-order valence-electron chi connectivity index (χ1n) is 9.61. The molecule has 1 aromatic heterocycles. The Morgan fingerprint density at radius 3 is 2.57 bits per heavy atom. The van der Waals surface area contributed by atoms with Crippen molar-refractivity contribution in [3.8, 4) is 5.75 Å². The van der Waals surface area contributed by atoms with Crippen LogP contribution in [0.5, 0.6) is 5.75 Å². The predicted octanol–water partition coefficient (Wildman–Crippen LogP) is 4.13. The van der Waals surface area contributed by atoms with Crippen LogP contribution in [0.15, 0.2) is 48.5 Å². The first kappa shape index (κ1) is 18.2. The minimum Gasteiger partial charge on any atom is -0.497 e. The Bertz CT molecular complexity index is 997. The molecule has 1 N–H and O–H groups in total. The minimum atomic E-state index is -0.282. The van der Waals surface area contributed by atoms with Gasteiger partial charge in [0.15, 0.2) is 11.5 Å². The molecule has 2 heterocycles. The van der Waals surface area contributed by atoms with Crippen molar-refractivity contribution in [1.82, 2.24) is 10.2 Å². The molecule has 0 atom stereocenters. The summed E-state index contributed by atoms with van der Waals surface area (Å²) in [5.41, 5.74) is 0.983. The Morgan fingerprint density at radius 1 is 1.07 bits per heavy atom. The number of carbonyl (C=O) groups is 1. The highest BCUT2D eigenvalue weighted by Crippen LogP contribution is 2.29. The molecule has 0 saturated carbocycles. The predicted molar refractivity (Wildman–Crippen MR) is 111 cm³/mol. The zero-order chi connectivity index (χ0) is 19.5. The largest absolute Gasteiger partial charge is 0.497 e. The molecule has 1 aliphatic rings. The van der Waals surface area contributed by atoms with Crippen molar-refractivity contribution in [3.05, 3.63) is 54.2 Å². The van der Waals surface area contributed by atoms with Gasteiger partial charge in [0.25, 0.3) is 5.91 Å². The van der Waals surface area contributed by atoms with Gasteiger partial charge in [-0.25, -0.2) is 0 Å². The van der Waals surface area contributed by atoms with Crippen LogP contribution >= 0.6 is 0 Å². The molecule has 3 aromatic rings. The number of hydrogen-bond donors (Lipinski definition) is 1. The number of ether oxygens (including phenoxy) is 1. The van der Waals surface area contributed by atoms with E-state index in [4.69, 9.17) is 4.74 Å². The molecule has 1 fully saturated rings. The average Bonchev–Trinajstić information content (AvgIpc) is 2.73. The number of amides is 1. The molecule has 0 bridgehead atoms. The lowest BCUT2D eigenvalue weighted by Gasteiger charge is -2.31. The van der Waals surface area contributed by atoms with E-state index in [1.807, 2.05) is 42.5 Å². The van der Waals surface area contributed by atoms with E-state index in [1.54, 1.807) is 13.2 Å². The van der Waals surface area contributed by atoms with Gasteiger partial charge in [-0.3, -0.25) is 4.79 Å². The lowest BCUT2D eigenvalue weighted by Crippen LogP contribution is -2.34. The maximum atomic E-state index is 12.9. The van der Waals surface area contributed by atoms with Gasteiger partial charge < -0.3 is 15.0 Å². The standard InChI is InChI=1S/C22H24N4O2/c1-15-10-12-26(13-11-15)21-19-9-4-3-8-18(19)20(24-25-21)22(27)23-16-6-5-7-17(14-16)28-2/h3-9,14-15H,10-13H2,1-2H3,(H,23,27). The van der Waals surface area contributed by atoms with E-state index in [1.165, 1.54) is 0 Å². The number of nitrogens with one attached hydrogen (secondary N) is 1. The number of hydrogen-bond acceptors (Lipinski definition) is 5. The van der Waals surface area contributed by atoms with Gasteiger partial charge >= 0.3 is 0 Å². The third-order valence-corrected chi connectivity index (χ3v) is 5.29. The highest BCUT2D eigenvalue weighted by molar-refractivity contribution is 6.12. The molecule has 0 unspecified atom stereocenters. The first-order valence-corrected chi connectivity index (χ1v) is 9.61. The van der Waals surface area contributed by atoms with Crippen LogP contribution in [0.3, 0.4) is 0 Å². The average molecular weight is 376 g/mol. The highest BCUT2D eigenvalue weighted by Gasteiger charge is 2.22. The Labute approximate surface area is 164 Å². The smallest absolute Gasteiger partial charge is 0.276 e. The normalized spacial score (nSPS) is 14.9. The van der Waals surface area contributed by atoms with Crippen LogP contribution in [-0.4, -0.2) is 36.3 Å². The molecule has 6 heteroatoms. The summed E-state index contributed by atoms with van der Waals surface area (Å²) >= 11 is 0. The van der Waals surface area contributed by atoms with E-state index >= 15 is 0 Å². The molecule has 1 amide bonds. The molecule has 1 saturated heterocycles. The maximum absolute atomic E-state index is 12.9. The maximum Gasteiger partial charge on any atom is 0.276 e. The Morgan fingerprint density at radius 2 is 1.82 bits per heavy atom. The number of rotatable bonds is 4. The monoisotopic (exact) mass is 376 g/mol. The second kappa shape index (κ2) is 7.84. The zero-order valence-corrected chi connectivity index (χ0v) is 16.2. The summed E-state index contributed by atoms with van der Waals surface area (Å²) < 4.78 is 5.22. The van der Waals surface area contributed by atoms with E-state index < -0.39 is 0 Å². The fraction of sp³-hybridized carbons (Fsp3) is 0.318. The molecule has 0 spiro atoms. The number of carbonyl (C=O) groups excluding carboxylic acids is 1. The molecule has 0 radical (unpaired) electrons. The van der Waals surface area contributed by atoms with Gasteiger partial charge in [0.1, 0.15) is 5.75 Å². The van der Waals surface area contributed by atoms with Crippen molar-refractivity contribution in [3.63, 3.8) is 0 Å². The zero-order valence-electron chi connectivity index (χ0n) is 16.2. The number of methoxy groups -OCH3 is 1. The third-order valence-electron chi connectivity index (χ3n) is 5.29. The van der Waals surface area contributed by atoms with Crippen LogP contribution in [0, 0.1) is 5.92 Å². The Hall–Kier alpha value is -3.15. The Balaban J connectivity index is 1.66. The van der Waals surface area contributed by atoms with Gasteiger partial charge in [-0.2, -0.15) is 0 Å². The second-order valence-corrected chi connectivity index (χ2v) is 7.27. The molecular weight excluding hydrogens is 352 g/mol. The molecule has 28 heavy (non-hydrogen) atoms. The molecular formula is C22H24N4O2. The summed E-state index contributed by atoms with van der Waals surface area (Å²) in [6.45, 7) is 4.22.